The Morgan fingerprint density at radius 2 is 2.00 bits per heavy atom. The van der Waals surface area contributed by atoms with Gasteiger partial charge in [0.25, 0.3) is 0 Å². The Hall–Kier alpha value is -0.610. The highest BCUT2D eigenvalue weighted by Crippen LogP contribution is 2.30. The van der Waals surface area contributed by atoms with Crippen molar-refractivity contribution in [1.82, 2.24) is 4.98 Å². The first-order valence-electron chi connectivity index (χ1n) is 5.32. The molecule has 1 aromatic rings. The van der Waals surface area contributed by atoms with E-state index < -0.39 is 0 Å². The second-order valence-electron chi connectivity index (χ2n) is 4.22. The zero-order valence-electron chi connectivity index (χ0n) is 8.40. The third-order valence-corrected chi connectivity index (χ3v) is 3.53. The van der Waals surface area contributed by atoms with E-state index in [0.717, 1.165) is 17.6 Å². The third-order valence-electron chi connectivity index (χ3n) is 3.10. The summed E-state index contributed by atoms with van der Waals surface area (Å²) in [6.07, 6.45) is 7.03. The number of ether oxygens (including phenoxy) is 1. The molecule has 0 amide bonds. The van der Waals surface area contributed by atoms with Gasteiger partial charge in [-0.15, -0.1) is 0 Å². The molecule has 15 heavy (non-hydrogen) atoms. The molecule has 2 bridgehead atoms. The monoisotopic (exact) mass is 268 g/mol. The van der Waals surface area contributed by atoms with E-state index in [1.54, 1.807) is 0 Å². The Balaban J connectivity index is 1.83. The molecule has 2 saturated heterocycles. The van der Waals surface area contributed by atoms with Crippen LogP contribution in [0.25, 0.3) is 0 Å². The maximum absolute atomic E-state index is 5.81. The molecular formula is C11H13BrN2O. The fraction of sp³-hybridized carbons (Fsp3) is 0.545. The lowest BCUT2D eigenvalue weighted by molar-refractivity contribution is 0.0305. The van der Waals surface area contributed by atoms with Gasteiger partial charge in [0.05, 0.1) is 24.1 Å². The summed E-state index contributed by atoms with van der Waals surface area (Å²) >= 11 is 3.45. The number of nitrogens with zero attached hydrogens (tertiary/aromatic N) is 2. The lowest BCUT2D eigenvalue weighted by Crippen LogP contribution is -2.42. The maximum Gasteiger partial charge on any atom is 0.0755 e. The summed E-state index contributed by atoms with van der Waals surface area (Å²) in [5, 5.41) is 0. The number of pyridine rings is 1. The molecule has 3 nitrogen and oxygen atoms in total. The van der Waals surface area contributed by atoms with Gasteiger partial charge in [0.2, 0.25) is 0 Å². The van der Waals surface area contributed by atoms with Crippen LogP contribution >= 0.6 is 15.9 Å². The van der Waals surface area contributed by atoms with Crippen LogP contribution in [0.15, 0.2) is 22.9 Å². The van der Waals surface area contributed by atoms with Crippen LogP contribution in [0.3, 0.4) is 0 Å². The first-order valence-corrected chi connectivity index (χ1v) is 6.11. The highest BCUT2D eigenvalue weighted by atomic mass is 79.9. The fourth-order valence-electron chi connectivity index (χ4n) is 2.40. The number of rotatable bonds is 1. The number of aromatic nitrogens is 1. The Morgan fingerprint density at radius 1 is 1.27 bits per heavy atom. The van der Waals surface area contributed by atoms with Gasteiger partial charge in [-0.1, -0.05) is 0 Å². The SMILES string of the molecule is Brc1cncc(N2CC3CCC(C2)O3)c1. The van der Waals surface area contributed by atoms with Crippen LogP contribution in [-0.2, 0) is 4.74 Å². The number of hydrogen-bond acceptors (Lipinski definition) is 3. The van der Waals surface area contributed by atoms with Gasteiger partial charge in [-0.2, -0.15) is 0 Å². The Kier molecular flexibility index (Phi) is 2.41. The molecule has 2 unspecified atom stereocenters. The van der Waals surface area contributed by atoms with E-state index in [1.165, 1.54) is 18.5 Å². The van der Waals surface area contributed by atoms with Gasteiger partial charge >= 0.3 is 0 Å². The normalized spacial score (nSPS) is 29.5. The van der Waals surface area contributed by atoms with E-state index in [0.29, 0.717) is 12.2 Å². The zero-order chi connectivity index (χ0) is 10.3. The van der Waals surface area contributed by atoms with Crippen LogP contribution in [0.1, 0.15) is 12.8 Å². The summed E-state index contributed by atoms with van der Waals surface area (Å²) in [7, 11) is 0. The first kappa shape index (κ1) is 9.60. The standard InChI is InChI=1S/C11H13BrN2O/c12-8-3-9(5-13-4-8)14-6-10-1-2-11(7-14)15-10/h3-5,10-11H,1-2,6-7H2. The lowest BCUT2D eigenvalue weighted by atomic mass is 10.2. The van der Waals surface area contributed by atoms with Crippen molar-refractivity contribution in [2.24, 2.45) is 0 Å². The second kappa shape index (κ2) is 3.76. The minimum atomic E-state index is 0.433. The van der Waals surface area contributed by atoms with Crippen molar-refractivity contribution in [3.63, 3.8) is 0 Å². The van der Waals surface area contributed by atoms with E-state index in [1.807, 2.05) is 12.4 Å². The van der Waals surface area contributed by atoms with E-state index in [9.17, 15) is 0 Å². The molecule has 0 spiro atoms. The van der Waals surface area contributed by atoms with E-state index in [2.05, 4.69) is 31.9 Å². The molecule has 1 aromatic heterocycles. The summed E-state index contributed by atoms with van der Waals surface area (Å²) in [5.74, 6) is 0. The molecule has 3 heterocycles. The van der Waals surface area contributed by atoms with Crippen molar-refractivity contribution in [3.8, 4) is 0 Å². The van der Waals surface area contributed by atoms with Crippen LogP contribution in [0.4, 0.5) is 5.69 Å². The van der Waals surface area contributed by atoms with E-state index in [-0.39, 0.29) is 0 Å². The number of hydrogen-bond donors (Lipinski definition) is 0. The van der Waals surface area contributed by atoms with Crippen LogP contribution in [0, 0.1) is 0 Å². The Labute approximate surface area is 97.6 Å². The molecule has 2 atom stereocenters. The average Bonchev–Trinajstić information content (AvgIpc) is 2.58. The molecule has 2 aliphatic rings. The van der Waals surface area contributed by atoms with E-state index >= 15 is 0 Å². The molecule has 0 aromatic carbocycles. The average molecular weight is 269 g/mol. The quantitative estimate of drug-likeness (QED) is 0.781. The number of morpholine rings is 1. The lowest BCUT2D eigenvalue weighted by Gasteiger charge is -2.33. The highest BCUT2D eigenvalue weighted by Gasteiger charge is 2.33. The maximum atomic E-state index is 5.81. The van der Waals surface area contributed by atoms with Gasteiger partial charge in [0.15, 0.2) is 0 Å². The van der Waals surface area contributed by atoms with Gasteiger partial charge in [0, 0.05) is 23.8 Å². The Morgan fingerprint density at radius 3 is 2.67 bits per heavy atom. The minimum absolute atomic E-state index is 0.433. The van der Waals surface area contributed by atoms with Crippen molar-refractivity contribution in [3.05, 3.63) is 22.9 Å². The molecule has 0 saturated carbocycles. The van der Waals surface area contributed by atoms with Crippen molar-refractivity contribution in [1.29, 1.82) is 0 Å². The Bertz CT molecular complexity index is 359. The highest BCUT2D eigenvalue weighted by molar-refractivity contribution is 9.10. The molecule has 0 radical (unpaired) electrons. The molecule has 0 aliphatic carbocycles. The summed E-state index contributed by atoms with van der Waals surface area (Å²) in [4.78, 5) is 6.58. The molecule has 4 heteroatoms. The van der Waals surface area contributed by atoms with Gasteiger partial charge in [0.1, 0.15) is 0 Å². The van der Waals surface area contributed by atoms with Crippen molar-refractivity contribution < 1.29 is 4.74 Å². The van der Waals surface area contributed by atoms with Crippen molar-refractivity contribution >= 4 is 21.6 Å². The topological polar surface area (TPSA) is 25.4 Å². The fourth-order valence-corrected chi connectivity index (χ4v) is 2.75. The predicted octanol–water partition coefficient (Wildman–Crippen LogP) is 2.21. The molecular weight excluding hydrogens is 256 g/mol. The molecule has 80 valence electrons. The van der Waals surface area contributed by atoms with Gasteiger partial charge in [-0.05, 0) is 34.8 Å². The second-order valence-corrected chi connectivity index (χ2v) is 5.14. The van der Waals surface area contributed by atoms with Crippen LogP contribution in [0.5, 0.6) is 0 Å². The molecule has 0 N–H and O–H groups in total. The largest absolute Gasteiger partial charge is 0.371 e. The molecule has 2 aliphatic heterocycles. The zero-order valence-corrected chi connectivity index (χ0v) is 9.98. The van der Waals surface area contributed by atoms with Crippen LogP contribution < -0.4 is 4.90 Å². The smallest absolute Gasteiger partial charge is 0.0755 e. The van der Waals surface area contributed by atoms with Gasteiger partial charge < -0.3 is 9.64 Å². The number of fused-ring (bicyclic) bond motifs is 2. The third kappa shape index (κ3) is 1.88. The minimum Gasteiger partial charge on any atom is -0.371 e. The van der Waals surface area contributed by atoms with E-state index in [4.69, 9.17) is 4.74 Å². The molecule has 3 rings (SSSR count). The van der Waals surface area contributed by atoms with Crippen LogP contribution in [0.2, 0.25) is 0 Å². The van der Waals surface area contributed by atoms with Crippen LogP contribution in [-0.4, -0.2) is 30.3 Å². The number of anilines is 1. The molecule has 2 fully saturated rings. The van der Waals surface area contributed by atoms with Crippen molar-refractivity contribution in [2.75, 3.05) is 18.0 Å². The number of halogens is 1. The van der Waals surface area contributed by atoms with Crippen molar-refractivity contribution in [2.45, 2.75) is 25.0 Å². The first-order chi connectivity index (χ1) is 7.31. The predicted molar refractivity (Wildman–Crippen MR) is 62.0 cm³/mol. The van der Waals surface area contributed by atoms with Gasteiger partial charge in [-0.3, -0.25) is 4.98 Å². The summed E-state index contributed by atoms with van der Waals surface area (Å²) in [5.41, 5.74) is 1.20. The summed E-state index contributed by atoms with van der Waals surface area (Å²) in [6.45, 7) is 2.02. The summed E-state index contributed by atoms with van der Waals surface area (Å²) in [6, 6.07) is 2.12. The summed E-state index contributed by atoms with van der Waals surface area (Å²) < 4.78 is 6.85. The van der Waals surface area contributed by atoms with Gasteiger partial charge in [-0.25, -0.2) is 0 Å².